The molecule has 18 heteroatoms. The van der Waals surface area contributed by atoms with E-state index in [1.807, 2.05) is 0 Å². The Bertz CT molecular complexity index is 564. The number of piperazine rings is 1. The van der Waals surface area contributed by atoms with Crippen LogP contribution in [0.4, 0.5) is 0 Å². The van der Waals surface area contributed by atoms with Crippen LogP contribution in [0, 0.1) is 40.5 Å². The van der Waals surface area contributed by atoms with Crippen molar-refractivity contribution in [1.29, 1.82) is 0 Å². The van der Waals surface area contributed by atoms with Gasteiger partial charge in [0.05, 0.1) is 0 Å². The molecule has 5 aliphatic heterocycles. The molecule has 0 aromatic carbocycles. The highest BCUT2D eigenvalue weighted by atomic mass is 16.7. The molecule has 4 unspecified atom stereocenters. The molecule has 130 valence electrons. The van der Waals surface area contributed by atoms with Gasteiger partial charge >= 0.3 is 0 Å². The lowest BCUT2D eigenvalue weighted by Crippen LogP contribution is -3.20. The van der Waals surface area contributed by atoms with Crippen molar-refractivity contribution in [2.45, 2.75) is 37.0 Å². The van der Waals surface area contributed by atoms with E-state index in [1.54, 1.807) is 0 Å². The van der Waals surface area contributed by atoms with E-state index in [0.29, 0.717) is 20.0 Å². The van der Waals surface area contributed by atoms with E-state index >= 15 is 0 Å². The number of nitrogens with two attached hydrogens (primary N) is 2. The Morgan fingerprint density at radius 3 is 0.917 bits per heavy atom. The van der Waals surface area contributed by atoms with Gasteiger partial charge in [0, 0.05) is 0 Å². The van der Waals surface area contributed by atoms with Crippen molar-refractivity contribution in [1.82, 2.24) is 20.0 Å². The van der Waals surface area contributed by atoms with Gasteiger partial charge in [-0.2, -0.15) is 0 Å². The maximum atomic E-state index is 11.4. The second-order valence-corrected chi connectivity index (χ2v) is 5.65. The zero-order valence-electron chi connectivity index (χ0n) is 11.5. The summed E-state index contributed by atoms with van der Waals surface area (Å²) in [6, 6.07) is 0. The lowest BCUT2D eigenvalue weighted by atomic mass is 10.2. The highest BCUT2D eigenvalue weighted by Gasteiger charge is 2.85. The topological polar surface area (TPSA) is 219 Å². The van der Waals surface area contributed by atoms with Gasteiger partial charge < -0.3 is 0 Å². The summed E-state index contributed by atoms with van der Waals surface area (Å²) in [4.78, 5) is 45.6. The second-order valence-electron chi connectivity index (χ2n) is 5.65. The molecule has 0 aromatic rings. The first-order valence-electron chi connectivity index (χ1n) is 6.66. The van der Waals surface area contributed by atoms with Gasteiger partial charge in [0.25, 0.3) is 37.0 Å². The molecule has 0 aliphatic carbocycles. The van der Waals surface area contributed by atoms with Crippen molar-refractivity contribution >= 4 is 0 Å². The predicted molar refractivity (Wildman–Crippen MR) is 61.9 cm³/mol. The van der Waals surface area contributed by atoms with E-state index in [2.05, 4.69) is 0 Å². The van der Waals surface area contributed by atoms with Crippen LogP contribution in [-0.4, -0.2) is 77.2 Å². The Morgan fingerprint density at radius 2 is 0.750 bits per heavy atom. The standard InChI is InChI=1S/C6H8N10O8/c17-13(18)9-1-2-8-4-3(7-1)11(15(21)22)6(12(4)16(23)24)5(9)10(2)14(19)20/h1-8H/p+2. The van der Waals surface area contributed by atoms with Crippen LogP contribution in [0.2, 0.25) is 0 Å². The Kier molecular flexibility index (Phi) is 2.49. The van der Waals surface area contributed by atoms with Crippen molar-refractivity contribution in [2.75, 3.05) is 0 Å². The lowest BCUT2D eigenvalue weighted by Gasteiger charge is -2.29. The normalized spacial score (nSPS) is 38.7. The van der Waals surface area contributed by atoms with Gasteiger partial charge in [0.2, 0.25) is 0 Å². The molecule has 0 radical (unpaired) electrons. The third-order valence-corrected chi connectivity index (χ3v) is 4.82. The van der Waals surface area contributed by atoms with Crippen LogP contribution in [-0.2, 0) is 0 Å². The number of rotatable bonds is 4. The Morgan fingerprint density at radius 1 is 0.542 bits per heavy atom. The molecular formula is C6H10N10O8+2. The molecule has 5 saturated heterocycles. The summed E-state index contributed by atoms with van der Waals surface area (Å²) in [5, 5.41) is 46.3. The SMILES string of the molecule is O=[N+]([O-])N1C2[NH2+]C3C4[NH2+]C2N([N+](=O)[O-])C1C(N3[N+](=O)[O-])N4[N+](=O)[O-]. The predicted octanol–water partition coefficient (Wildman–Crippen LogP) is -5.90. The van der Waals surface area contributed by atoms with E-state index in [1.165, 1.54) is 10.6 Å². The molecule has 5 heterocycles. The Hall–Kier alpha value is -3.28. The largest absolute Gasteiger partial charge is 0.297 e. The summed E-state index contributed by atoms with van der Waals surface area (Å²) < 4.78 is 0. The fourth-order valence-corrected chi connectivity index (χ4v) is 4.15. The first kappa shape index (κ1) is 14.3. The van der Waals surface area contributed by atoms with Crippen LogP contribution in [0.5, 0.6) is 0 Å². The minimum atomic E-state index is -1.79. The van der Waals surface area contributed by atoms with Crippen molar-refractivity contribution in [3.63, 3.8) is 0 Å². The fraction of sp³-hybridized carbons (Fsp3) is 1.00. The monoisotopic (exact) mass is 350 g/mol. The smallest absolute Gasteiger partial charge is 0.285 e. The van der Waals surface area contributed by atoms with Gasteiger partial charge in [-0.15, -0.1) is 0 Å². The molecule has 0 amide bonds. The van der Waals surface area contributed by atoms with Crippen LogP contribution in [0.3, 0.4) is 0 Å². The van der Waals surface area contributed by atoms with Gasteiger partial charge in [-0.05, 0) is 20.0 Å². The second kappa shape index (κ2) is 4.17. The third kappa shape index (κ3) is 1.40. The van der Waals surface area contributed by atoms with Crippen LogP contribution in [0.15, 0.2) is 0 Å². The van der Waals surface area contributed by atoms with Crippen molar-refractivity contribution in [3.05, 3.63) is 40.5 Å². The van der Waals surface area contributed by atoms with E-state index in [0.717, 1.165) is 0 Å². The number of hydrazine groups is 4. The van der Waals surface area contributed by atoms with Gasteiger partial charge in [-0.3, -0.25) is 10.6 Å². The average Bonchev–Trinajstić information content (AvgIpc) is 2.85. The molecule has 4 N–H and O–H groups in total. The van der Waals surface area contributed by atoms with Crippen molar-refractivity contribution in [3.8, 4) is 0 Å². The Labute approximate surface area is 129 Å². The van der Waals surface area contributed by atoms with Gasteiger partial charge in [0.1, 0.15) is 0 Å². The molecule has 0 aromatic heterocycles. The van der Waals surface area contributed by atoms with Crippen LogP contribution >= 0.6 is 0 Å². The van der Waals surface area contributed by atoms with Gasteiger partial charge in [-0.25, -0.2) is 40.5 Å². The van der Waals surface area contributed by atoms with E-state index in [-0.39, 0.29) is 0 Å². The Balaban J connectivity index is 1.93. The quantitative estimate of drug-likeness (QED) is 0.357. The lowest BCUT2D eigenvalue weighted by molar-refractivity contribution is -0.958. The molecular weight excluding hydrogens is 340 g/mol. The first-order chi connectivity index (χ1) is 11.3. The van der Waals surface area contributed by atoms with Crippen LogP contribution < -0.4 is 10.6 Å². The van der Waals surface area contributed by atoms with Gasteiger partial charge in [0.15, 0.2) is 20.1 Å². The number of hydrogen-bond donors (Lipinski definition) is 2. The van der Waals surface area contributed by atoms with E-state index in [4.69, 9.17) is 0 Å². The van der Waals surface area contributed by atoms with Crippen LogP contribution in [0.1, 0.15) is 0 Å². The maximum Gasteiger partial charge on any atom is 0.297 e. The number of nitrogens with zero attached hydrogens (tertiary/aromatic N) is 8. The summed E-state index contributed by atoms with van der Waals surface area (Å²) in [5.74, 6) is 0. The number of quaternary nitrogens is 2. The van der Waals surface area contributed by atoms with Gasteiger partial charge in [-0.1, -0.05) is 0 Å². The maximum absolute atomic E-state index is 11.4. The minimum absolute atomic E-state index is 0.483. The van der Waals surface area contributed by atoms with E-state index in [9.17, 15) is 40.5 Å². The summed E-state index contributed by atoms with van der Waals surface area (Å²) in [5.41, 5.74) is 0. The summed E-state index contributed by atoms with van der Waals surface area (Å²) in [7, 11) is 0. The fourth-order valence-electron chi connectivity index (χ4n) is 4.15. The molecule has 0 saturated carbocycles. The molecule has 4 atom stereocenters. The van der Waals surface area contributed by atoms with E-state index < -0.39 is 57.1 Å². The van der Waals surface area contributed by atoms with Crippen molar-refractivity contribution in [2.24, 2.45) is 0 Å². The molecule has 6 bridgehead atoms. The molecule has 0 spiro atoms. The zero-order chi connectivity index (χ0) is 17.5. The summed E-state index contributed by atoms with van der Waals surface area (Å²) in [6.07, 6.45) is -7.91. The summed E-state index contributed by atoms with van der Waals surface area (Å²) in [6.45, 7) is 0. The molecule has 5 aliphatic rings. The highest BCUT2D eigenvalue weighted by Crippen LogP contribution is 2.37. The average molecular weight is 350 g/mol. The third-order valence-electron chi connectivity index (χ3n) is 4.82. The molecule has 5 fully saturated rings. The van der Waals surface area contributed by atoms with Crippen LogP contribution in [0.25, 0.3) is 0 Å². The highest BCUT2D eigenvalue weighted by molar-refractivity contribution is 4.97. The molecule has 5 rings (SSSR count). The minimum Gasteiger partial charge on any atom is -0.285 e. The molecule has 18 nitrogen and oxygen atoms in total. The number of hydrogen-bond acceptors (Lipinski definition) is 8. The molecule has 24 heavy (non-hydrogen) atoms. The number of nitro groups is 4. The first-order valence-corrected chi connectivity index (χ1v) is 6.66. The summed E-state index contributed by atoms with van der Waals surface area (Å²) >= 11 is 0. The zero-order valence-corrected chi connectivity index (χ0v) is 11.5. The van der Waals surface area contributed by atoms with Crippen molar-refractivity contribution < 1.29 is 30.8 Å².